The van der Waals surface area contributed by atoms with Gasteiger partial charge in [-0.2, -0.15) is 0 Å². The predicted molar refractivity (Wildman–Crippen MR) is 206 cm³/mol. The summed E-state index contributed by atoms with van der Waals surface area (Å²) in [5, 5.41) is 5.74. The summed E-state index contributed by atoms with van der Waals surface area (Å²) in [4.78, 5) is 39.5. The zero-order valence-electron chi connectivity index (χ0n) is 31.2. The van der Waals surface area contributed by atoms with Gasteiger partial charge in [0.05, 0.1) is 0 Å². The van der Waals surface area contributed by atoms with Crippen LogP contribution >= 0.6 is 0 Å². The van der Waals surface area contributed by atoms with E-state index in [0.29, 0.717) is 83.0 Å². The second-order valence-corrected chi connectivity index (χ2v) is 13.7. The van der Waals surface area contributed by atoms with Crippen molar-refractivity contribution in [3.8, 4) is 11.5 Å². The molecule has 10 heteroatoms. The summed E-state index contributed by atoms with van der Waals surface area (Å²) in [6.07, 6.45) is 1.84. The van der Waals surface area contributed by atoms with Crippen LogP contribution in [0, 0.1) is 0 Å². The Kier molecular flexibility index (Phi) is 16.5. The molecule has 0 radical (unpaired) electrons. The van der Waals surface area contributed by atoms with Gasteiger partial charge < -0.3 is 34.5 Å². The third kappa shape index (κ3) is 16.1. The number of nitrogens with one attached hydrogen (secondary N) is 2. The molecule has 53 heavy (non-hydrogen) atoms. The standard InChI is InChI=1S/C43H53N3O7/c1-43(2,3)53-41(48)45-26-13-14-28-46(42(49)52-33-37-20-11-6-12-21-37)29-15-27-44-40(47)25-23-34-22-24-38(50-31-35-16-7-4-8-17-35)39(30-34)51-32-36-18-9-5-10-19-36/h4-12,16-22,24,30H,13-15,23,25-29,31-33H2,1-3H3,(H,44,47)(H,45,48). The quantitative estimate of drug-likeness (QED) is 0.0883. The van der Waals surface area contributed by atoms with Gasteiger partial charge in [0, 0.05) is 32.6 Å². The van der Waals surface area contributed by atoms with E-state index >= 15 is 0 Å². The highest BCUT2D eigenvalue weighted by atomic mass is 16.6. The first-order valence-electron chi connectivity index (χ1n) is 18.3. The molecule has 0 saturated carbocycles. The zero-order chi connectivity index (χ0) is 37.7. The van der Waals surface area contributed by atoms with Crippen LogP contribution < -0.4 is 20.1 Å². The highest BCUT2D eigenvalue weighted by molar-refractivity contribution is 5.76. The molecule has 0 atom stereocenters. The fourth-order valence-corrected chi connectivity index (χ4v) is 5.29. The summed E-state index contributed by atoms with van der Waals surface area (Å²) in [6, 6.07) is 35.2. The van der Waals surface area contributed by atoms with Crippen LogP contribution in [0.25, 0.3) is 0 Å². The number of benzene rings is 4. The smallest absolute Gasteiger partial charge is 0.410 e. The lowest BCUT2D eigenvalue weighted by atomic mass is 10.1. The van der Waals surface area contributed by atoms with E-state index in [1.54, 1.807) is 4.90 Å². The number of rotatable bonds is 20. The van der Waals surface area contributed by atoms with Crippen molar-refractivity contribution in [3.63, 3.8) is 0 Å². The second kappa shape index (κ2) is 21.8. The number of nitrogens with zero attached hydrogens (tertiary/aromatic N) is 1. The summed E-state index contributed by atoms with van der Waals surface area (Å²) in [5.74, 6) is 1.19. The van der Waals surface area contributed by atoms with Gasteiger partial charge in [0.1, 0.15) is 25.4 Å². The summed E-state index contributed by atoms with van der Waals surface area (Å²) >= 11 is 0. The van der Waals surface area contributed by atoms with Gasteiger partial charge >= 0.3 is 12.2 Å². The number of carbonyl (C=O) groups is 3. The Balaban J connectivity index is 1.24. The van der Waals surface area contributed by atoms with Crippen molar-refractivity contribution in [3.05, 3.63) is 131 Å². The van der Waals surface area contributed by atoms with E-state index in [2.05, 4.69) is 10.6 Å². The third-order valence-corrected chi connectivity index (χ3v) is 8.04. The van der Waals surface area contributed by atoms with Gasteiger partial charge in [0.15, 0.2) is 11.5 Å². The van der Waals surface area contributed by atoms with Gasteiger partial charge in [-0.1, -0.05) is 97.1 Å². The summed E-state index contributed by atoms with van der Waals surface area (Å²) < 4.78 is 23.2. The molecule has 10 nitrogen and oxygen atoms in total. The maximum absolute atomic E-state index is 13.0. The predicted octanol–water partition coefficient (Wildman–Crippen LogP) is 8.23. The normalized spacial score (nSPS) is 10.9. The molecule has 4 aromatic carbocycles. The van der Waals surface area contributed by atoms with Crippen molar-refractivity contribution >= 4 is 18.1 Å². The molecule has 0 heterocycles. The van der Waals surface area contributed by atoms with Gasteiger partial charge in [-0.05, 0) is 80.8 Å². The molecule has 3 amide bonds. The minimum absolute atomic E-state index is 0.0763. The Bertz CT molecular complexity index is 1680. The Hall–Kier alpha value is -5.51. The molecule has 0 bridgehead atoms. The van der Waals surface area contributed by atoms with E-state index in [9.17, 15) is 14.4 Å². The Morgan fingerprint density at radius 1 is 0.604 bits per heavy atom. The number of amides is 3. The van der Waals surface area contributed by atoms with Crippen LogP contribution in [0.15, 0.2) is 109 Å². The monoisotopic (exact) mass is 723 g/mol. The first kappa shape index (κ1) is 40.3. The minimum atomic E-state index is -0.566. The number of ether oxygens (including phenoxy) is 4. The van der Waals surface area contributed by atoms with E-state index in [-0.39, 0.29) is 12.5 Å². The maximum atomic E-state index is 13.0. The molecule has 0 spiro atoms. The lowest BCUT2D eigenvalue weighted by molar-refractivity contribution is -0.121. The molecule has 0 aliphatic carbocycles. The molecule has 4 rings (SSSR count). The Morgan fingerprint density at radius 2 is 1.15 bits per heavy atom. The van der Waals surface area contributed by atoms with Crippen molar-refractivity contribution in [2.45, 2.75) is 78.3 Å². The zero-order valence-corrected chi connectivity index (χ0v) is 31.2. The van der Waals surface area contributed by atoms with Crippen LogP contribution in [0.3, 0.4) is 0 Å². The maximum Gasteiger partial charge on any atom is 0.410 e. The van der Waals surface area contributed by atoms with Crippen molar-refractivity contribution in [1.82, 2.24) is 15.5 Å². The van der Waals surface area contributed by atoms with Crippen molar-refractivity contribution in [2.75, 3.05) is 26.2 Å². The van der Waals surface area contributed by atoms with Crippen LogP contribution in [-0.2, 0) is 40.5 Å². The first-order chi connectivity index (χ1) is 25.6. The number of carbonyl (C=O) groups excluding carboxylic acids is 3. The molecule has 0 unspecified atom stereocenters. The lowest BCUT2D eigenvalue weighted by Crippen LogP contribution is -2.36. The van der Waals surface area contributed by atoms with E-state index < -0.39 is 17.8 Å². The SMILES string of the molecule is CC(C)(C)OC(=O)NCCCCN(CCCNC(=O)CCc1ccc(OCc2ccccc2)c(OCc2ccccc2)c1)C(=O)OCc1ccccc1. The molecular weight excluding hydrogens is 670 g/mol. The van der Waals surface area contributed by atoms with Crippen molar-refractivity contribution < 1.29 is 33.3 Å². The molecule has 0 aliphatic rings. The number of unbranched alkanes of at least 4 members (excludes halogenated alkanes) is 1. The average molecular weight is 724 g/mol. The van der Waals surface area contributed by atoms with E-state index in [1.165, 1.54) is 0 Å². The molecule has 0 saturated heterocycles. The Morgan fingerprint density at radius 3 is 1.75 bits per heavy atom. The summed E-state index contributed by atoms with van der Waals surface area (Å²) in [7, 11) is 0. The van der Waals surface area contributed by atoms with Gasteiger partial charge in [-0.25, -0.2) is 9.59 Å². The topological polar surface area (TPSA) is 115 Å². The van der Waals surface area contributed by atoms with Crippen LogP contribution in [0.4, 0.5) is 9.59 Å². The van der Waals surface area contributed by atoms with Gasteiger partial charge in [-0.3, -0.25) is 4.79 Å². The van der Waals surface area contributed by atoms with Gasteiger partial charge in [0.25, 0.3) is 0 Å². The molecule has 0 aliphatic heterocycles. The summed E-state index contributed by atoms with van der Waals surface area (Å²) in [5.41, 5.74) is 3.40. The number of alkyl carbamates (subject to hydrolysis) is 1. The van der Waals surface area contributed by atoms with Crippen LogP contribution in [0.5, 0.6) is 11.5 Å². The molecule has 0 aromatic heterocycles. The third-order valence-electron chi connectivity index (χ3n) is 8.04. The fraction of sp³-hybridized carbons (Fsp3) is 0.372. The summed E-state index contributed by atoms with van der Waals surface area (Å²) in [6.45, 7) is 8.15. The highest BCUT2D eigenvalue weighted by Gasteiger charge is 2.17. The van der Waals surface area contributed by atoms with Crippen molar-refractivity contribution in [2.24, 2.45) is 0 Å². The molecule has 4 aromatic rings. The minimum Gasteiger partial charge on any atom is -0.485 e. The van der Waals surface area contributed by atoms with Gasteiger partial charge in [-0.15, -0.1) is 0 Å². The average Bonchev–Trinajstić information content (AvgIpc) is 3.16. The van der Waals surface area contributed by atoms with E-state index in [0.717, 1.165) is 22.3 Å². The number of aryl methyl sites for hydroxylation is 1. The molecular formula is C43H53N3O7. The first-order valence-corrected chi connectivity index (χ1v) is 18.3. The molecule has 2 N–H and O–H groups in total. The van der Waals surface area contributed by atoms with Crippen molar-refractivity contribution in [1.29, 1.82) is 0 Å². The van der Waals surface area contributed by atoms with E-state index in [4.69, 9.17) is 18.9 Å². The highest BCUT2D eigenvalue weighted by Crippen LogP contribution is 2.30. The number of hydrogen-bond donors (Lipinski definition) is 2. The van der Waals surface area contributed by atoms with Crippen LogP contribution in [0.1, 0.15) is 68.7 Å². The Labute approximate surface area is 313 Å². The second-order valence-electron chi connectivity index (χ2n) is 13.7. The lowest BCUT2D eigenvalue weighted by Gasteiger charge is -2.23. The molecule has 0 fully saturated rings. The fourth-order valence-electron chi connectivity index (χ4n) is 5.29. The largest absolute Gasteiger partial charge is 0.485 e. The van der Waals surface area contributed by atoms with Gasteiger partial charge in [0.2, 0.25) is 5.91 Å². The number of hydrogen-bond acceptors (Lipinski definition) is 7. The van der Waals surface area contributed by atoms with E-state index in [1.807, 2.05) is 130 Å². The van der Waals surface area contributed by atoms with Crippen LogP contribution in [0.2, 0.25) is 0 Å². The van der Waals surface area contributed by atoms with Crippen LogP contribution in [-0.4, -0.2) is 54.8 Å². The molecule has 282 valence electrons.